The number of hydrogen-bond acceptors (Lipinski definition) is 2. The van der Waals surface area contributed by atoms with Gasteiger partial charge in [-0.05, 0) is 35.7 Å². The molecule has 2 nitrogen and oxygen atoms in total. The van der Waals surface area contributed by atoms with Crippen LogP contribution in [0.25, 0.3) is 0 Å². The van der Waals surface area contributed by atoms with Crippen molar-refractivity contribution in [3.05, 3.63) is 58.6 Å². The van der Waals surface area contributed by atoms with Gasteiger partial charge in [0.2, 0.25) is 0 Å². The zero-order chi connectivity index (χ0) is 12.5. The highest BCUT2D eigenvalue weighted by Crippen LogP contribution is 2.36. The van der Waals surface area contributed by atoms with Crippen LogP contribution in [0, 0.1) is 0 Å². The van der Waals surface area contributed by atoms with Crippen LogP contribution in [0.15, 0.2) is 42.5 Å². The van der Waals surface area contributed by atoms with Crippen molar-refractivity contribution in [3.8, 4) is 5.75 Å². The lowest BCUT2D eigenvalue weighted by Crippen LogP contribution is -2.05. The summed E-state index contributed by atoms with van der Waals surface area (Å²) in [6.07, 6.45) is 0.986. The average Bonchev–Trinajstić information content (AvgIpc) is 2.81. The lowest BCUT2D eigenvalue weighted by atomic mass is 10.0. The van der Waals surface area contributed by atoms with E-state index in [0.717, 1.165) is 22.9 Å². The molecule has 1 heterocycles. The molecule has 92 valence electrons. The summed E-state index contributed by atoms with van der Waals surface area (Å²) in [5.41, 5.74) is 3.69. The molecule has 18 heavy (non-hydrogen) atoms. The van der Waals surface area contributed by atoms with Gasteiger partial charge in [0.15, 0.2) is 0 Å². The molecule has 0 aromatic heterocycles. The van der Waals surface area contributed by atoms with Crippen LogP contribution in [0.4, 0.5) is 5.69 Å². The molecule has 3 rings (SSSR count). The zero-order valence-corrected chi connectivity index (χ0v) is 10.9. The number of methoxy groups -OCH3 is 1. The monoisotopic (exact) mass is 259 g/mol. The second-order valence-corrected chi connectivity index (χ2v) is 4.92. The van der Waals surface area contributed by atoms with Crippen LogP contribution in [-0.4, -0.2) is 7.11 Å². The molecule has 0 radical (unpaired) electrons. The van der Waals surface area contributed by atoms with Crippen LogP contribution >= 0.6 is 11.6 Å². The van der Waals surface area contributed by atoms with Gasteiger partial charge in [-0.3, -0.25) is 0 Å². The Morgan fingerprint density at radius 2 is 2.11 bits per heavy atom. The maximum atomic E-state index is 6.03. The van der Waals surface area contributed by atoms with Crippen molar-refractivity contribution in [3.63, 3.8) is 0 Å². The summed E-state index contributed by atoms with van der Waals surface area (Å²) in [5.74, 6) is 0.882. The molecule has 0 aliphatic carbocycles. The third-order valence-corrected chi connectivity index (χ3v) is 3.56. The van der Waals surface area contributed by atoms with E-state index in [-0.39, 0.29) is 0 Å². The second-order valence-electron chi connectivity index (χ2n) is 4.48. The van der Waals surface area contributed by atoms with Gasteiger partial charge in [-0.25, -0.2) is 0 Å². The van der Waals surface area contributed by atoms with Gasteiger partial charge < -0.3 is 10.1 Å². The molecule has 0 fully saturated rings. The SMILES string of the molecule is COc1ccc2c(c1)NC(c1cccc(Cl)c1)C2. The Hall–Kier alpha value is -1.67. The molecule has 1 aliphatic heterocycles. The highest BCUT2D eigenvalue weighted by molar-refractivity contribution is 6.30. The van der Waals surface area contributed by atoms with Crippen LogP contribution < -0.4 is 10.1 Å². The molecule has 1 atom stereocenters. The Kier molecular flexibility index (Phi) is 2.88. The molecular formula is C15H14ClNO. The van der Waals surface area contributed by atoms with E-state index in [4.69, 9.17) is 16.3 Å². The van der Waals surface area contributed by atoms with E-state index >= 15 is 0 Å². The van der Waals surface area contributed by atoms with E-state index in [1.165, 1.54) is 11.1 Å². The molecule has 3 heteroatoms. The third-order valence-electron chi connectivity index (χ3n) is 3.32. The van der Waals surface area contributed by atoms with Gasteiger partial charge in [-0.2, -0.15) is 0 Å². The van der Waals surface area contributed by atoms with E-state index in [1.54, 1.807) is 7.11 Å². The first kappa shape index (κ1) is 11.4. The van der Waals surface area contributed by atoms with Crippen molar-refractivity contribution >= 4 is 17.3 Å². The normalized spacial score (nSPS) is 17.1. The summed E-state index contributed by atoms with van der Waals surface area (Å²) in [6.45, 7) is 0. The number of fused-ring (bicyclic) bond motifs is 1. The van der Waals surface area contributed by atoms with Crippen LogP contribution in [0.1, 0.15) is 17.2 Å². The molecule has 0 spiro atoms. The maximum Gasteiger partial charge on any atom is 0.120 e. The van der Waals surface area contributed by atoms with Gasteiger partial charge in [0, 0.05) is 16.8 Å². The summed E-state index contributed by atoms with van der Waals surface area (Å²) >= 11 is 6.03. The molecule has 2 aromatic carbocycles. The molecule has 0 saturated carbocycles. The fourth-order valence-corrected chi connectivity index (χ4v) is 2.58. The molecule has 2 aromatic rings. The Bertz CT molecular complexity index is 582. The van der Waals surface area contributed by atoms with Gasteiger partial charge in [0.05, 0.1) is 13.2 Å². The molecule has 0 saturated heterocycles. The van der Waals surface area contributed by atoms with E-state index in [9.17, 15) is 0 Å². The lowest BCUT2D eigenvalue weighted by molar-refractivity contribution is 0.415. The topological polar surface area (TPSA) is 21.3 Å². The predicted molar refractivity (Wildman–Crippen MR) is 74.5 cm³/mol. The fourth-order valence-electron chi connectivity index (χ4n) is 2.38. The summed E-state index contributed by atoms with van der Waals surface area (Å²) in [6, 6.07) is 14.5. The number of anilines is 1. The molecule has 0 amide bonds. The van der Waals surface area contributed by atoms with Crippen LogP contribution in [0.5, 0.6) is 5.75 Å². The number of benzene rings is 2. The predicted octanol–water partition coefficient (Wildman–Crippen LogP) is 4.06. The van der Waals surface area contributed by atoms with E-state index in [1.807, 2.05) is 30.3 Å². The van der Waals surface area contributed by atoms with Crippen molar-refractivity contribution in [1.29, 1.82) is 0 Å². The van der Waals surface area contributed by atoms with E-state index in [0.29, 0.717) is 6.04 Å². The quantitative estimate of drug-likeness (QED) is 0.878. The Labute approximate surface area is 112 Å². The van der Waals surface area contributed by atoms with Crippen LogP contribution in [0.2, 0.25) is 5.02 Å². The highest BCUT2D eigenvalue weighted by Gasteiger charge is 2.22. The van der Waals surface area contributed by atoms with Crippen molar-refractivity contribution < 1.29 is 4.74 Å². The smallest absolute Gasteiger partial charge is 0.120 e. The highest BCUT2D eigenvalue weighted by atomic mass is 35.5. The minimum atomic E-state index is 0.297. The van der Waals surface area contributed by atoms with Gasteiger partial charge in [-0.1, -0.05) is 29.8 Å². The summed E-state index contributed by atoms with van der Waals surface area (Å²) in [5, 5.41) is 4.29. The molecule has 0 bridgehead atoms. The van der Waals surface area contributed by atoms with Crippen molar-refractivity contribution in [2.45, 2.75) is 12.5 Å². The summed E-state index contributed by atoms with van der Waals surface area (Å²) in [7, 11) is 1.69. The molecular weight excluding hydrogens is 246 g/mol. The fraction of sp³-hybridized carbons (Fsp3) is 0.200. The van der Waals surface area contributed by atoms with Gasteiger partial charge in [-0.15, -0.1) is 0 Å². The number of hydrogen-bond donors (Lipinski definition) is 1. The number of ether oxygens (including phenoxy) is 1. The average molecular weight is 260 g/mol. The number of nitrogens with one attached hydrogen (secondary N) is 1. The molecule has 1 aliphatic rings. The first-order valence-corrected chi connectivity index (χ1v) is 6.33. The summed E-state index contributed by atoms with van der Waals surface area (Å²) in [4.78, 5) is 0. The minimum Gasteiger partial charge on any atom is -0.497 e. The van der Waals surface area contributed by atoms with Crippen LogP contribution in [0.3, 0.4) is 0 Å². The largest absolute Gasteiger partial charge is 0.497 e. The molecule has 1 unspecified atom stereocenters. The first-order valence-electron chi connectivity index (χ1n) is 5.95. The van der Waals surface area contributed by atoms with Gasteiger partial charge in [0.25, 0.3) is 0 Å². The Morgan fingerprint density at radius 3 is 2.89 bits per heavy atom. The van der Waals surface area contributed by atoms with Gasteiger partial charge in [0.1, 0.15) is 5.75 Å². The second kappa shape index (κ2) is 4.54. The minimum absolute atomic E-state index is 0.297. The zero-order valence-electron chi connectivity index (χ0n) is 10.1. The van der Waals surface area contributed by atoms with E-state index < -0.39 is 0 Å². The van der Waals surface area contributed by atoms with Crippen LogP contribution in [-0.2, 0) is 6.42 Å². The number of halogens is 1. The van der Waals surface area contributed by atoms with Crippen molar-refractivity contribution in [2.24, 2.45) is 0 Å². The maximum absolute atomic E-state index is 6.03. The van der Waals surface area contributed by atoms with Gasteiger partial charge >= 0.3 is 0 Å². The summed E-state index contributed by atoms with van der Waals surface area (Å²) < 4.78 is 5.24. The molecule has 1 N–H and O–H groups in total. The standard InChI is InChI=1S/C15H14ClNO/c1-18-13-6-5-11-8-14(17-15(11)9-13)10-3-2-4-12(16)7-10/h2-7,9,14,17H,8H2,1H3. The Balaban J connectivity index is 1.88. The Morgan fingerprint density at radius 1 is 1.22 bits per heavy atom. The number of rotatable bonds is 2. The van der Waals surface area contributed by atoms with E-state index in [2.05, 4.69) is 17.4 Å². The lowest BCUT2D eigenvalue weighted by Gasteiger charge is -2.11. The first-order chi connectivity index (χ1) is 8.76. The third kappa shape index (κ3) is 2.04. The van der Waals surface area contributed by atoms with Crippen molar-refractivity contribution in [1.82, 2.24) is 0 Å². The van der Waals surface area contributed by atoms with Crippen molar-refractivity contribution in [2.75, 3.05) is 12.4 Å².